The Labute approximate surface area is 191 Å². The Morgan fingerprint density at radius 3 is 2.69 bits per heavy atom. The van der Waals surface area contributed by atoms with Crippen molar-refractivity contribution in [2.75, 3.05) is 25.2 Å². The van der Waals surface area contributed by atoms with Crippen LogP contribution in [0.2, 0.25) is 0 Å². The van der Waals surface area contributed by atoms with Gasteiger partial charge in [0, 0.05) is 32.5 Å². The fourth-order valence-corrected chi connectivity index (χ4v) is 4.47. The molecule has 3 aromatic rings. The molecule has 0 aliphatic rings. The van der Waals surface area contributed by atoms with Crippen LogP contribution in [0, 0.1) is 6.92 Å². The number of nitrogens with zero attached hydrogens (tertiary/aromatic N) is 5. The first-order chi connectivity index (χ1) is 15.2. The number of allylic oxidation sites excluding steroid dienone is 1. The quantitative estimate of drug-likeness (QED) is 0.377. The molecule has 0 atom stereocenters. The van der Waals surface area contributed by atoms with Gasteiger partial charge in [-0.3, -0.25) is 14.3 Å². The minimum atomic E-state index is -3.60. The van der Waals surface area contributed by atoms with Crippen LogP contribution in [0.25, 0.3) is 11.5 Å². The summed E-state index contributed by atoms with van der Waals surface area (Å²) in [5.74, 6) is 0.373. The normalized spacial score (nSPS) is 11.5. The van der Waals surface area contributed by atoms with Crippen molar-refractivity contribution >= 4 is 33.4 Å². The first-order valence-corrected chi connectivity index (χ1v) is 12.1. The maximum absolute atomic E-state index is 12.6. The summed E-state index contributed by atoms with van der Waals surface area (Å²) in [4.78, 5) is 17.0. The van der Waals surface area contributed by atoms with Gasteiger partial charge in [0.15, 0.2) is 11.0 Å². The number of aromatic nitrogens is 4. The van der Waals surface area contributed by atoms with Gasteiger partial charge in [-0.05, 0) is 36.8 Å². The van der Waals surface area contributed by atoms with Crippen LogP contribution in [-0.2, 0) is 21.4 Å². The van der Waals surface area contributed by atoms with Gasteiger partial charge in [0.25, 0.3) is 0 Å². The monoisotopic (exact) mass is 472 g/mol. The predicted octanol–water partition coefficient (Wildman–Crippen LogP) is 2.82. The molecule has 1 N–H and O–H groups in total. The maximum Gasteiger partial charge on any atom is 0.242 e. The standard InChI is InChI=1S/C21H24N6O3S2/c1-5-12-27-20(17-8-6-7-11-22-17)24-25-21(27)31-14-19(28)23-18-13-16(10-9-15(18)2)32(29,30)26(3)4/h5-11,13H,1,12,14H2,2-4H3,(H,23,28). The second-order valence-electron chi connectivity index (χ2n) is 7.02. The molecule has 0 bridgehead atoms. The SMILES string of the molecule is C=CCn1c(SCC(=O)Nc2cc(S(=O)(=O)N(C)C)ccc2C)nnc1-c1ccccn1. The van der Waals surface area contributed by atoms with Crippen molar-refractivity contribution < 1.29 is 13.2 Å². The highest BCUT2D eigenvalue weighted by atomic mass is 32.2. The highest BCUT2D eigenvalue weighted by molar-refractivity contribution is 7.99. The number of rotatable bonds is 9. The van der Waals surface area contributed by atoms with Crippen LogP contribution >= 0.6 is 11.8 Å². The molecule has 2 heterocycles. The van der Waals surface area contributed by atoms with Gasteiger partial charge in [-0.15, -0.1) is 16.8 Å². The van der Waals surface area contributed by atoms with Gasteiger partial charge in [0.05, 0.1) is 10.6 Å². The van der Waals surface area contributed by atoms with E-state index in [2.05, 4.69) is 27.1 Å². The van der Waals surface area contributed by atoms with Crippen LogP contribution in [0.4, 0.5) is 5.69 Å². The Kier molecular flexibility index (Phi) is 7.44. The van der Waals surface area contributed by atoms with E-state index in [-0.39, 0.29) is 16.6 Å². The van der Waals surface area contributed by atoms with Crippen molar-refractivity contribution in [3.05, 3.63) is 60.8 Å². The number of nitrogens with one attached hydrogen (secondary N) is 1. The van der Waals surface area contributed by atoms with Gasteiger partial charge in [0.2, 0.25) is 15.9 Å². The zero-order valence-corrected chi connectivity index (χ0v) is 19.7. The Hall–Kier alpha value is -3.02. The Morgan fingerprint density at radius 1 is 1.25 bits per heavy atom. The molecule has 0 aliphatic carbocycles. The lowest BCUT2D eigenvalue weighted by atomic mass is 10.2. The van der Waals surface area contributed by atoms with E-state index < -0.39 is 10.0 Å². The van der Waals surface area contributed by atoms with Crippen molar-refractivity contribution in [2.24, 2.45) is 0 Å². The highest BCUT2D eigenvalue weighted by Gasteiger charge is 2.19. The molecule has 0 saturated heterocycles. The van der Waals surface area contributed by atoms with Crippen molar-refractivity contribution in [1.82, 2.24) is 24.1 Å². The zero-order chi connectivity index (χ0) is 23.3. The summed E-state index contributed by atoms with van der Waals surface area (Å²) >= 11 is 1.23. The number of amides is 1. The largest absolute Gasteiger partial charge is 0.325 e. The minimum Gasteiger partial charge on any atom is -0.325 e. The summed E-state index contributed by atoms with van der Waals surface area (Å²) in [6, 6.07) is 10.2. The summed E-state index contributed by atoms with van der Waals surface area (Å²) < 4.78 is 27.7. The average Bonchev–Trinajstić information content (AvgIpc) is 3.17. The van der Waals surface area contributed by atoms with Crippen molar-refractivity contribution in [3.8, 4) is 11.5 Å². The smallest absolute Gasteiger partial charge is 0.242 e. The molecule has 0 aliphatic heterocycles. The van der Waals surface area contributed by atoms with Crippen LogP contribution in [0.5, 0.6) is 0 Å². The average molecular weight is 473 g/mol. The molecule has 32 heavy (non-hydrogen) atoms. The lowest BCUT2D eigenvalue weighted by Crippen LogP contribution is -2.22. The zero-order valence-electron chi connectivity index (χ0n) is 18.0. The van der Waals surface area contributed by atoms with Crippen molar-refractivity contribution in [1.29, 1.82) is 0 Å². The first kappa shape index (κ1) is 23.6. The van der Waals surface area contributed by atoms with E-state index in [1.165, 1.54) is 38.0 Å². The first-order valence-electron chi connectivity index (χ1n) is 9.65. The van der Waals surface area contributed by atoms with Gasteiger partial charge in [-0.25, -0.2) is 12.7 Å². The van der Waals surface area contributed by atoms with Crippen LogP contribution in [-0.4, -0.2) is 58.2 Å². The number of hydrogen-bond donors (Lipinski definition) is 1. The molecule has 1 aromatic carbocycles. The van der Waals surface area contributed by atoms with Crippen molar-refractivity contribution in [2.45, 2.75) is 23.5 Å². The molecule has 2 aromatic heterocycles. The molecule has 3 rings (SSSR count). The summed E-state index contributed by atoms with van der Waals surface area (Å²) in [5, 5.41) is 11.8. The number of anilines is 1. The van der Waals surface area contributed by atoms with E-state index in [1.807, 2.05) is 22.8 Å². The fraction of sp³-hybridized carbons (Fsp3) is 0.238. The number of pyridine rings is 1. The van der Waals surface area contributed by atoms with Gasteiger partial charge in [0.1, 0.15) is 5.69 Å². The second-order valence-corrected chi connectivity index (χ2v) is 10.1. The highest BCUT2D eigenvalue weighted by Crippen LogP contribution is 2.25. The molecule has 0 unspecified atom stereocenters. The third kappa shape index (κ3) is 5.23. The number of thioether (sulfide) groups is 1. The van der Waals surface area contributed by atoms with E-state index >= 15 is 0 Å². The van der Waals surface area contributed by atoms with E-state index in [4.69, 9.17) is 0 Å². The van der Waals surface area contributed by atoms with E-state index in [1.54, 1.807) is 25.3 Å². The number of sulfonamides is 1. The Balaban J connectivity index is 1.75. The topological polar surface area (TPSA) is 110 Å². The molecule has 168 valence electrons. The van der Waals surface area contributed by atoms with Crippen LogP contribution in [0.1, 0.15) is 5.56 Å². The number of hydrogen-bond acceptors (Lipinski definition) is 7. The van der Waals surface area contributed by atoms with Crippen molar-refractivity contribution in [3.63, 3.8) is 0 Å². The second kappa shape index (κ2) is 10.1. The fourth-order valence-electron chi connectivity index (χ4n) is 2.80. The number of benzene rings is 1. The van der Waals surface area contributed by atoms with Gasteiger partial charge >= 0.3 is 0 Å². The molecule has 9 nitrogen and oxygen atoms in total. The van der Waals surface area contributed by atoms with E-state index in [9.17, 15) is 13.2 Å². The molecule has 11 heteroatoms. The van der Waals surface area contributed by atoms with Gasteiger partial charge < -0.3 is 5.32 Å². The number of carbonyl (C=O) groups is 1. The summed E-state index contributed by atoms with van der Waals surface area (Å²) in [6.07, 6.45) is 3.40. The third-order valence-corrected chi connectivity index (χ3v) is 7.29. The Bertz CT molecular complexity index is 1220. The molecule has 1 amide bonds. The molecular weight excluding hydrogens is 448 g/mol. The Morgan fingerprint density at radius 2 is 2.03 bits per heavy atom. The summed E-state index contributed by atoms with van der Waals surface area (Å²) in [5.41, 5.74) is 1.88. The lowest BCUT2D eigenvalue weighted by Gasteiger charge is -2.14. The van der Waals surface area contributed by atoms with E-state index in [0.717, 1.165) is 9.87 Å². The molecule has 0 saturated carbocycles. The minimum absolute atomic E-state index is 0.0710. The van der Waals surface area contributed by atoms with Crippen LogP contribution < -0.4 is 5.32 Å². The number of carbonyl (C=O) groups excluding carboxylic acids is 1. The van der Waals surface area contributed by atoms with E-state index in [0.29, 0.717) is 28.9 Å². The maximum atomic E-state index is 12.6. The molecule has 0 fully saturated rings. The van der Waals surface area contributed by atoms with Gasteiger partial charge in [-0.1, -0.05) is 30.0 Å². The lowest BCUT2D eigenvalue weighted by molar-refractivity contribution is -0.113. The van der Waals surface area contributed by atoms with Crippen LogP contribution in [0.3, 0.4) is 0 Å². The number of aryl methyl sites for hydroxylation is 1. The van der Waals surface area contributed by atoms with Crippen LogP contribution in [0.15, 0.2) is 65.3 Å². The molecular formula is C21H24N6O3S2. The molecule has 0 radical (unpaired) electrons. The summed E-state index contributed by atoms with van der Waals surface area (Å²) in [7, 11) is -0.681. The predicted molar refractivity (Wildman–Crippen MR) is 125 cm³/mol. The molecule has 0 spiro atoms. The van der Waals surface area contributed by atoms with Gasteiger partial charge in [-0.2, -0.15) is 0 Å². The summed E-state index contributed by atoms with van der Waals surface area (Å²) in [6.45, 7) is 6.04. The third-order valence-electron chi connectivity index (χ3n) is 4.52.